The molecule has 0 saturated heterocycles. The number of amides is 3. The van der Waals surface area contributed by atoms with Crippen molar-refractivity contribution in [3.05, 3.63) is 78.2 Å². The van der Waals surface area contributed by atoms with Gasteiger partial charge in [-0.3, -0.25) is 14.5 Å². The molecular formula is C27H25N7O3S. The summed E-state index contributed by atoms with van der Waals surface area (Å²) in [6.07, 6.45) is 3.33. The Hall–Kier alpha value is -4.77. The summed E-state index contributed by atoms with van der Waals surface area (Å²) in [7, 11) is 1.54. The second-order valence-corrected chi connectivity index (χ2v) is 9.55. The molecule has 0 aliphatic carbocycles. The molecule has 0 radical (unpaired) electrons. The van der Waals surface area contributed by atoms with Gasteiger partial charge in [0.1, 0.15) is 22.9 Å². The van der Waals surface area contributed by atoms with Crippen LogP contribution in [0.2, 0.25) is 0 Å². The third kappa shape index (κ3) is 5.47. The highest BCUT2D eigenvalue weighted by Crippen LogP contribution is 2.31. The number of anilines is 2. The molecule has 5 aromatic rings. The van der Waals surface area contributed by atoms with E-state index in [9.17, 15) is 9.59 Å². The summed E-state index contributed by atoms with van der Waals surface area (Å²) in [5.74, 6) is 0.720. The lowest BCUT2D eigenvalue weighted by Crippen LogP contribution is -2.19. The van der Waals surface area contributed by atoms with Crippen molar-refractivity contribution < 1.29 is 14.3 Å². The first-order valence-corrected chi connectivity index (χ1v) is 12.7. The highest BCUT2D eigenvalue weighted by molar-refractivity contribution is 7.16. The predicted octanol–water partition coefficient (Wildman–Crippen LogP) is 5.93. The molecule has 0 atom stereocenters. The van der Waals surface area contributed by atoms with Gasteiger partial charge in [0.15, 0.2) is 0 Å². The van der Waals surface area contributed by atoms with Gasteiger partial charge >= 0.3 is 6.03 Å². The summed E-state index contributed by atoms with van der Waals surface area (Å²) in [5, 5.41) is 13.0. The van der Waals surface area contributed by atoms with Crippen LogP contribution in [0.15, 0.2) is 72.5 Å². The lowest BCUT2D eigenvalue weighted by Gasteiger charge is -2.10. The number of pyridine rings is 1. The second kappa shape index (κ2) is 10.7. The number of aromatic nitrogens is 4. The van der Waals surface area contributed by atoms with Crippen LogP contribution in [0.1, 0.15) is 30.4 Å². The third-order valence-electron chi connectivity index (χ3n) is 5.65. The first kappa shape index (κ1) is 24.9. The van der Waals surface area contributed by atoms with E-state index in [-0.39, 0.29) is 17.6 Å². The number of urea groups is 1. The number of benzene rings is 2. The van der Waals surface area contributed by atoms with Crippen LogP contribution in [-0.2, 0) is 0 Å². The highest BCUT2D eigenvalue weighted by Gasteiger charge is 2.16. The van der Waals surface area contributed by atoms with Crippen LogP contribution in [0, 0.1) is 0 Å². The van der Waals surface area contributed by atoms with Crippen molar-refractivity contribution >= 4 is 44.9 Å². The number of thiazole rings is 1. The average Bonchev–Trinajstić information content (AvgIpc) is 3.56. The van der Waals surface area contributed by atoms with E-state index < -0.39 is 6.03 Å². The molecule has 0 fully saturated rings. The molecule has 0 bridgehead atoms. The summed E-state index contributed by atoms with van der Waals surface area (Å²) in [4.78, 5) is 33.1. The number of hydrogen-bond donors (Lipinski definition) is 3. The van der Waals surface area contributed by atoms with E-state index in [1.807, 2.05) is 48.4 Å². The van der Waals surface area contributed by atoms with Gasteiger partial charge in [0.2, 0.25) is 0 Å². The highest BCUT2D eigenvalue weighted by atomic mass is 32.1. The van der Waals surface area contributed by atoms with Gasteiger partial charge in [-0.2, -0.15) is 5.10 Å². The van der Waals surface area contributed by atoms with E-state index in [2.05, 4.69) is 25.9 Å². The molecule has 0 unspecified atom stereocenters. The van der Waals surface area contributed by atoms with Crippen molar-refractivity contribution in [2.45, 2.75) is 19.9 Å². The summed E-state index contributed by atoms with van der Waals surface area (Å²) in [5.41, 5.74) is 5.67. The van der Waals surface area contributed by atoms with E-state index in [0.717, 1.165) is 15.8 Å². The van der Waals surface area contributed by atoms with Crippen LogP contribution in [0.25, 0.3) is 21.5 Å². The summed E-state index contributed by atoms with van der Waals surface area (Å²) >= 11 is 1.58. The Bertz CT molecular complexity index is 1610. The average molecular weight is 528 g/mol. The van der Waals surface area contributed by atoms with Gasteiger partial charge in [-0.1, -0.05) is 6.07 Å². The fraction of sp³-hybridized carbons (Fsp3) is 0.148. The topological polar surface area (TPSA) is 123 Å². The molecule has 11 heteroatoms. The number of nitrogens with zero attached hydrogens (tertiary/aromatic N) is 4. The standard InChI is InChI=1S/C27H25N7O3S/c1-16(2)34-14-23(25(33-34)17-4-9-24-21(12-17)30-15-38-24)32-27(36)31-18-5-7-19(8-6-18)37-20-10-11-29-22(13-20)26(35)28-3/h4-16H,1-3H3,(H,28,35)(H2,31,32,36). The summed E-state index contributed by atoms with van der Waals surface area (Å²) in [6, 6.07) is 15.8. The lowest BCUT2D eigenvalue weighted by atomic mass is 10.1. The molecule has 192 valence electrons. The van der Waals surface area contributed by atoms with Crippen molar-refractivity contribution in [1.82, 2.24) is 25.1 Å². The van der Waals surface area contributed by atoms with Crippen molar-refractivity contribution in [3.63, 3.8) is 0 Å². The molecule has 3 heterocycles. The second-order valence-electron chi connectivity index (χ2n) is 8.66. The Morgan fingerprint density at radius 2 is 1.79 bits per heavy atom. The van der Waals surface area contributed by atoms with Gasteiger partial charge in [0.25, 0.3) is 5.91 Å². The number of rotatable bonds is 7. The Morgan fingerprint density at radius 3 is 2.55 bits per heavy atom. The van der Waals surface area contributed by atoms with Crippen molar-refractivity contribution in [1.29, 1.82) is 0 Å². The lowest BCUT2D eigenvalue weighted by molar-refractivity contribution is 0.0958. The number of carbonyl (C=O) groups excluding carboxylic acids is 2. The largest absolute Gasteiger partial charge is 0.457 e. The molecule has 38 heavy (non-hydrogen) atoms. The fourth-order valence-electron chi connectivity index (χ4n) is 3.72. The van der Waals surface area contributed by atoms with E-state index in [4.69, 9.17) is 9.84 Å². The number of nitrogens with one attached hydrogen (secondary N) is 3. The normalized spacial score (nSPS) is 10.9. The van der Waals surface area contributed by atoms with Crippen LogP contribution in [0.3, 0.4) is 0 Å². The summed E-state index contributed by atoms with van der Waals surface area (Å²) < 4.78 is 8.73. The van der Waals surface area contributed by atoms with Gasteiger partial charge in [0.05, 0.1) is 21.4 Å². The van der Waals surface area contributed by atoms with Crippen molar-refractivity contribution in [2.24, 2.45) is 0 Å². The van der Waals surface area contributed by atoms with Gasteiger partial charge in [-0.25, -0.2) is 9.78 Å². The molecular weight excluding hydrogens is 502 g/mol. The monoisotopic (exact) mass is 527 g/mol. The van der Waals surface area contributed by atoms with E-state index in [1.54, 1.807) is 47.7 Å². The van der Waals surface area contributed by atoms with Crippen molar-refractivity contribution in [2.75, 3.05) is 17.7 Å². The molecule has 5 rings (SSSR count). The summed E-state index contributed by atoms with van der Waals surface area (Å²) in [6.45, 7) is 4.05. The zero-order chi connectivity index (χ0) is 26.6. The van der Waals surface area contributed by atoms with Gasteiger partial charge < -0.3 is 20.7 Å². The predicted molar refractivity (Wildman–Crippen MR) is 148 cm³/mol. The van der Waals surface area contributed by atoms with E-state index >= 15 is 0 Å². The Balaban J connectivity index is 1.28. The molecule has 0 aliphatic heterocycles. The molecule has 2 aromatic carbocycles. The SMILES string of the molecule is CNC(=O)c1cc(Oc2ccc(NC(=O)Nc3cn(C(C)C)nc3-c3ccc4scnc4c3)cc2)ccn1. The Kier molecular flexibility index (Phi) is 7.00. The maximum atomic E-state index is 12.9. The molecule has 0 saturated carbocycles. The number of hydrogen-bond acceptors (Lipinski definition) is 7. The quantitative estimate of drug-likeness (QED) is 0.241. The Morgan fingerprint density at radius 1 is 0.974 bits per heavy atom. The third-order valence-corrected chi connectivity index (χ3v) is 6.46. The molecule has 0 aliphatic rings. The van der Waals surface area contributed by atoms with Gasteiger partial charge in [-0.15, -0.1) is 11.3 Å². The minimum absolute atomic E-state index is 0.121. The number of fused-ring (bicyclic) bond motifs is 1. The zero-order valence-electron chi connectivity index (χ0n) is 20.9. The fourth-order valence-corrected chi connectivity index (χ4v) is 4.38. The number of carbonyl (C=O) groups is 2. The van der Waals surface area contributed by atoms with Gasteiger partial charge in [-0.05, 0) is 56.3 Å². The first-order valence-electron chi connectivity index (χ1n) is 11.9. The number of ether oxygens (including phenoxy) is 1. The van der Waals surface area contributed by atoms with E-state index in [1.165, 1.54) is 13.2 Å². The van der Waals surface area contributed by atoms with Crippen LogP contribution >= 0.6 is 11.3 Å². The molecule has 3 amide bonds. The zero-order valence-corrected chi connectivity index (χ0v) is 21.7. The van der Waals surface area contributed by atoms with Crippen LogP contribution in [-0.4, -0.2) is 38.7 Å². The molecule has 0 spiro atoms. The van der Waals surface area contributed by atoms with Crippen molar-refractivity contribution in [3.8, 4) is 22.8 Å². The first-order chi connectivity index (χ1) is 18.4. The van der Waals surface area contributed by atoms with Gasteiger partial charge in [0, 0.05) is 42.8 Å². The molecule has 3 N–H and O–H groups in total. The maximum Gasteiger partial charge on any atom is 0.323 e. The maximum absolute atomic E-state index is 12.9. The molecule has 10 nitrogen and oxygen atoms in total. The van der Waals surface area contributed by atoms with Crippen LogP contribution < -0.4 is 20.7 Å². The van der Waals surface area contributed by atoms with E-state index in [0.29, 0.717) is 28.6 Å². The molecule has 3 aromatic heterocycles. The Labute approximate surface area is 222 Å². The van der Waals surface area contributed by atoms with Crippen LogP contribution in [0.4, 0.5) is 16.2 Å². The minimum atomic E-state index is -0.401. The smallest absolute Gasteiger partial charge is 0.323 e. The van der Waals surface area contributed by atoms with Crippen LogP contribution in [0.5, 0.6) is 11.5 Å². The minimum Gasteiger partial charge on any atom is -0.457 e.